The molecule has 1 aromatic rings. The maximum absolute atomic E-state index is 12.5. The van der Waals surface area contributed by atoms with Gasteiger partial charge in [0, 0.05) is 13.6 Å². The molecule has 1 saturated heterocycles. The van der Waals surface area contributed by atoms with Gasteiger partial charge in [0.15, 0.2) is 0 Å². The number of carbonyl (C=O) groups excluding carboxylic acids is 1. The van der Waals surface area contributed by atoms with E-state index in [1.54, 1.807) is 12.0 Å². The van der Waals surface area contributed by atoms with Crippen LogP contribution in [0.3, 0.4) is 0 Å². The van der Waals surface area contributed by atoms with Gasteiger partial charge in [-0.05, 0) is 44.0 Å². The highest BCUT2D eigenvalue weighted by atomic mass is 16.5. The van der Waals surface area contributed by atoms with Crippen LogP contribution in [0.25, 0.3) is 0 Å². The van der Waals surface area contributed by atoms with Crippen molar-refractivity contribution in [1.29, 1.82) is 0 Å². The Morgan fingerprint density at radius 2 is 2.16 bits per heavy atom. The van der Waals surface area contributed by atoms with Crippen molar-refractivity contribution in [2.45, 2.75) is 20.3 Å². The van der Waals surface area contributed by atoms with E-state index >= 15 is 0 Å². The van der Waals surface area contributed by atoms with Gasteiger partial charge >= 0.3 is 0 Å². The van der Waals surface area contributed by atoms with Crippen LogP contribution in [0.1, 0.15) is 17.5 Å². The summed E-state index contributed by atoms with van der Waals surface area (Å²) >= 11 is 0. The number of benzene rings is 1. The molecule has 2 rings (SSSR count). The molecule has 1 aromatic carbocycles. The van der Waals surface area contributed by atoms with Crippen molar-refractivity contribution in [3.8, 4) is 5.75 Å². The van der Waals surface area contributed by atoms with E-state index in [2.05, 4.69) is 11.4 Å². The van der Waals surface area contributed by atoms with Crippen LogP contribution < -0.4 is 15.0 Å². The molecule has 19 heavy (non-hydrogen) atoms. The Balaban J connectivity index is 2.32. The van der Waals surface area contributed by atoms with Crippen molar-refractivity contribution in [1.82, 2.24) is 5.32 Å². The van der Waals surface area contributed by atoms with Crippen molar-refractivity contribution in [3.63, 3.8) is 0 Å². The maximum atomic E-state index is 12.5. The van der Waals surface area contributed by atoms with Gasteiger partial charge in [0.05, 0.1) is 18.7 Å². The van der Waals surface area contributed by atoms with E-state index in [1.165, 1.54) is 0 Å². The normalized spacial score (nSPS) is 18.4. The van der Waals surface area contributed by atoms with E-state index in [-0.39, 0.29) is 11.8 Å². The average molecular weight is 262 g/mol. The van der Waals surface area contributed by atoms with E-state index in [0.717, 1.165) is 42.1 Å². The molecule has 0 saturated carbocycles. The number of nitrogens with one attached hydrogen (secondary N) is 1. The number of hydrogen-bond acceptors (Lipinski definition) is 3. The second-order valence-corrected chi connectivity index (χ2v) is 5.22. The Kier molecular flexibility index (Phi) is 4.10. The van der Waals surface area contributed by atoms with Gasteiger partial charge in [-0.3, -0.25) is 4.79 Å². The number of methoxy groups -OCH3 is 1. The summed E-state index contributed by atoms with van der Waals surface area (Å²) in [5.74, 6) is 1.00. The smallest absolute Gasteiger partial charge is 0.231 e. The van der Waals surface area contributed by atoms with Gasteiger partial charge in [-0.1, -0.05) is 6.07 Å². The Morgan fingerprint density at radius 3 is 2.74 bits per heavy atom. The topological polar surface area (TPSA) is 41.6 Å². The monoisotopic (exact) mass is 262 g/mol. The molecule has 1 amide bonds. The molecule has 4 heteroatoms. The lowest BCUT2D eigenvalue weighted by molar-refractivity contribution is -0.121. The molecule has 1 aliphatic heterocycles. The van der Waals surface area contributed by atoms with E-state index in [0.29, 0.717) is 0 Å². The Labute approximate surface area is 114 Å². The van der Waals surface area contributed by atoms with E-state index in [1.807, 2.05) is 27.0 Å². The lowest BCUT2D eigenvalue weighted by Gasteiger charge is -2.25. The SMILES string of the molecule is COc1cc(C)cc(C)c1N(C)C(=O)C1CCNC1. The molecule has 1 unspecified atom stereocenters. The standard InChI is InChI=1S/C15H22N2O2/c1-10-7-11(2)14(13(8-10)19-4)17(3)15(18)12-5-6-16-9-12/h7-8,12,16H,5-6,9H2,1-4H3. The second-order valence-electron chi connectivity index (χ2n) is 5.22. The third-order valence-corrected chi connectivity index (χ3v) is 3.71. The number of carbonyl (C=O) groups is 1. The van der Waals surface area contributed by atoms with Gasteiger partial charge in [0.25, 0.3) is 0 Å². The Hall–Kier alpha value is -1.55. The average Bonchev–Trinajstić information content (AvgIpc) is 2.90. The summed E-state index contributed by atoms with van der Waals surface area (Å²) in [5, 5.41) is 3.23. The predicted octanol–water partition coefficient (Wildman–Crippen LogP) is 1.88. The van der Waals surface area contributed by atoms with Gasteiger partial charge in [0.2, 0.25) is 5.91 Å². The summed E-state index contributed by atoms with van der Waals surface area (Å²) in [6.07, 6.45) is 0.913. The first-order valence-corrected chi connectivity index (χ1v) is 6.68. The molecule has 1 heterocycles. The number of amides is 1. The molecule has 0 radical (unpaired) electrons. The molecule has 0 aliphatic carbocycles. The van der Waals surface area contributed by atoms with Gasteiger partial charge in [0.1, 0.15) is 5.75 Å². The first kappa shape index (κ1) is 13.9. The molecule has 1 N–H and O–H groups in total. The Morgan fingerprint density at radius 1 is 1.42 bits per heavy atom. The van der Waals surface area contributed by atoms with Crippen molar-refractivity contribution >= 4 is 11.6 Å². The fourth-order valence-electron chi connectivity index (χ4n) is 2.76. The summed E-state index contributed by atoms with van der Waals surface area (Å²) in [5.41, 5.74) is 3.09. The molecule has 0 bridgehead atoms. The zero-order valence-electron chi connectivity index (χ0n) is 12.1. The molecule has 1 aliphatic rings. The van der Waals surface area contributed by atoms with Gasteiger partial charge in [-0.2, -0.15) is 0 Å². The van der Waals surface area contributed by atoms with Crippen LogP contribution in [-0.4, -0.2) is 33.2 Å². The van der Waals surface area contributed by atoms with Crippen molar-refractivity contribution in [2.75, 3.05) is 32.1 Å². The summed E-state index contributed by atoms with van der Waals surface area (Å²) in [7, 11) is 3.48. The summed E-state index contributed by atoms with van der Waals surface area (Å²) in [6, 6.07) is 4.05. The minimum absolute atomic E-state index is 0.0791. The third kappa shape index (κ3) is 2.73. The highest BCUT2D eigenvalue weighted by Gasteiger charge is 2.28. The summed E-state index contributed by atoms with van der Waals surface area (Å²) in [6.45, 7) is 5.74. The largest absolute Gasteiger partial charge is 0.495 e. The first-order valence-electron chi connectivity index (χ1n) is 6.68. The Bertz CT molecular complexity index is 479. The second kappa shape index (κ2) is 5.61. The van der Waals surface area contributed by atoms with Crippen LogP contribution in [0.2, 0.25) is 0 Å². The number of hydrogen-bond donors (Lipinski definition) is 1. The molecule has 1 atom stereocenters. The molecule has 1 fully saturated rings. The van der Waals surface area contributed by atoms with Crippen LogP contribution >= 0.6 is 0 Å². The van der Waals surface area contributed by atoms with Crippen LogP contribution in [0, 0.1) is 19.8 Å². The zero-order valence-corrected chi connectivity index (χ0v) is 12.1. The minimum atomic E-state index is 0.0791. The molecule has 0 aromatic heterocycles. The van der Waals surface area contributed by atoms with Crippen molar-refractivity contribution < 1.29 is 9.53 Å². The lowest BCUT2D eigenvalue weighted by Crippen LogP contribution is -2.34. The van der Waals surface area contributed by atoms with Crippen LogP contribution in [-0.2, 0) is 4.79 Å². The number of ether oxygens (including phenoxy) is 1. The van der Waals surface area contributed by atoms with E-state index in [4.69, 9.17) is 4.74 Å². The van der Waals surface area contributed by atoms with Gasteiger partial charge in [-0.15, -0.1) is 0 Å². The highest BCUT2D eigenvalue weighted by Crippen LogP contribution is 2.33. The molecule has 104 valence electrons. The molecule has 4 nitrogen and oxygen atoms in total. The summed E-state index contributed by atoms with van der Waals surface area (Å²) < 4.78 is 5.43. The zero-order chi connectivity index (χ0) is 14.0. The summed E-state index contributed by atoms with van der Waals surface area (Å²) in [4.78, 5) is 14.2. The molecular formula is C15H22N2O2. The number of aryl methyl sites for hydroxylation is 2. The molecular weight excluding hydrogens is 240 g/mol. The van der Waals surface area contributed by atoms with Crippen LogP contribution in [0.4, 0.5) is 5.69 Å². The van der Waals surface area contributed by atoms with Gasteiger partial charge < -0.3 is 15.0 Å². The molecule has 0 spiro atoms. The van der Waals surface area contributed by atoms with Crippen LogP contribution in [0.15, 0.2) is 12.1 Å². The highest BCUT2D eigenvalue weighted by molar-refractivity contribution is 5.97. The maximum Gasteiger partial charge on any atom is 0.231 e. The quantitative estimate of drug-likeness (QED) is 0.904. The fraction of sp³-hybridized carbons (Fsp3) is 0.533. The van der Waals surface area contributed by atoms with Crippen molar-refractivity contribution in [3.05, 3.63) is 23.3 Å². The number of rotatable bonds is 3. The van der Waals surface area contributed by atoms with E-state index < -0.39 is 0 Å². The minimum Gasteiger partial charge on any atom is -0.495 e. The predicted molar refractivity (Wildman–Crippen MR) is 76.9 cm³/mol. The lowest BCUT2D eigenvalue weighted by atomic mass is 10.0. The van der Waals surface area contributed by atoms with E-state index in [9.17, 15) is 4.79 Å². The van der Waals surface area contributed by atoms with Crippen molar-refractivity contribution in [2.24, 2.45) is 5.92 Å². The number of nitrogens with zero attached hydrogens (tertiary/aromatic N) is 1. The first-order chi connectivity index (χ1) is 9.04. The van der Waals surface area contributed by atoms with Gasteiger partial charge in [-0.25, -0.2) is 0 Å². The fourth-order valence-corrected chi connectivity index (χ4v) is 2.76. The number of anilines is 1. The van der Waals surface area contributed by atoms with Crippen LogP contribution in [0.5, 0.6) is 5.75 Å². The third-order valence-electron chi connectivity index (χ3n) is 3.71.